The van der Waals surface area contributed by atoms with Crippen LogP contribution >= 0.6 is 0 Å². The molecule has 0 bridgehead atoms. The third-order valence-corrected chi connectivity index (χ3v) is 6.43. The summed E-state index contributed by atoms with van der Waals surface area (Å²) in [6.07, 6.45) is -21.2. The molecule has 0 spiro atoms. The largest absolute Gasteiger partial charge is 0.394 e. The smallest absolute Gasteiger partial charge is 0.217 e. The molecule has 3 fully saturated rings. The fourth-order valence-corrected chi connectivity index (χ4v) is 4.33. The Morgan fingerprint density at radius 3 is 2.00 bits per heavy atom. The minimum absolute atomic E-state index is 0.499. The van der Waals surface area contributed by atoms with Gasteiger partial charge in [0, 0.05) is 6.92 Å². The van der Waals surface area contributed by atoms with Gasteiger partial charge in [-0.15, -0.1) is 0 Å². The van der Waals surface area contributed by atoms with Crippen LogP contribution in [0, 0.1) is 0 Å². The Kier molecular flexibility index (Phi) is 9.97. The van der Waals surface area contributed by atoms with Crippen molar-refractivity contribution in [2.75, 3.05) is 13.2 Å². The molecule has 1 amide bonds. The average Bonchev–Trinajstić information content (AvgIpc) is 2.83. The van der Waals surface area contributed by atoms with Crippen molar-refractivity contribution in [2.24, 2.45) is 0 Å². The van der Waals surface area contributed by atoms with Crippen LogP contribution in [-0.4, -0.2) is 157 Å². The Hall–Kier alpha value is -1.09. The molecule has 0 aliphatic carbocycles. The number of aliphatic hydroxyl groups excluding tert-OH is 9. The van der Waals surface area contributed by atoms with Crippen molar-refractivity contribution in [3.05, 3.63) is 0 Å². The van der Waals surface area contributed by atoms with Crippen LogP contribution in [0.15, 0.2) is 0 Å². The zero-order valence-electron chi connectivity index (χ0n) is 19.5. The van der Waals surface area contributed by atoms with Gasteiger partial charge in [-0.2, -0.15) is 0 Å². The molecule has 3 aliphatic rings. The third-order valence-electron chi connectivity index (χ3n) is 6.43. The molecule has 0 aromatic rings. The molecule has 1 unspecified atom stereocenters. The van der Waals surface area contributed by atoms with Gasteiger partial charge in [0.15, 0.2) is 18.9 Å². The van der Waals surface area contributed by atoms with E-state index in [0.29, 0.717) is 0 Å². The van der Waals surface area contributed by atoms with Gasteiger partial charge in [0.2, 0.25) is 5.91 Å². The summed E-state index contributed by atoms with van der Waals surface area (Å²) in [6.45, 7) is 1.41. The molecular formula is C20H35NO15. The maximum absolute atomic E-state index is 11.2. The first-order chi connectivity index (χ1) is 16.9. The molecule has 3 aliphatic heterocycles. The first-order valence-electron chi connectivity index (χ1n) is 11.4. The van der Waals surface area contributed by atoms with Crippen molar-refractivity contribution in [2.45, 2.75) is 106 Å². The summed E-state index contributed by atoms with van der Waals surface area (Å²) < 4.78 is 26.9. The van der Waals surface area contributed by atoms with Crippen LogP contribution in [0.1, 0.15) is 13.8 Å². The highest BCUT2D eigenvalue weighted by Gasteiger charge is 2.50. The normalized spacial score (nSPS) is 50.0. The van der Waals surface area contributed by atoms with Gasteiger partial charge in [0.25, 0.3) is 0 Å². The van der Waals surface area contributed by atoms with E-state index in [2.05, 4.69) is 5.32 Å². The summed E-state index contributed by atoms with van der Waals surface area (Å²) in [4.78, 5) is 11.2. The van der Waals surface area contributed by atoms with Gasteiger partial charge in [-0.05, 0) is 6.92 Å². The quantitative estimate of drug-likeness (QED) is 0.147. The highest BCUT2D eigenvalue weighted by Crippen LogP contribution is 2.30. The van der Waals surface area contributed by atoms with Crippen LogP contribution in [0.25, 0.3) is 0 Å². The molecule has 210 valence electrons. The minimum atomic E-state index is -1.74. The third kappa shape index (κ3) is 6.13. The summed E-state index contributed by atoms with van der Waals surface area (Å²) in [5.41, 5.74) is 0. The van der Waals surface area contributed by atoms with Gasteiger partial charge >= 0.3 is 0 Å². The van der Waals surface area contributed by atoms with E-state index in [1.807, 2.05) is 0 Å². The lowest BCUT2D eigenvalue weighted by Gasteiger charge is -2.46. The van der Waals surface area contributed by atoms with Gasteiger partial charge in [-0.25, -0.2) is 0 Å². The number of carbonyl (C=O) groups is 1. The van der Waals surface area contributed by atoms with Gasteiger partial charge in [-0.3, -0.25) is 4.79 Å². The predicted molar refractivity (Wildman–Crippen MR) is 111 cm³/mol. The van der Waals surface area contributed by atoms with Crippen LogP contribution in [0.5, 0.6) is 0 Å². The van der Waals surface area contributed by atoms with Gasteiger partial charge in [0.1, 0.15) is 67.1 Å². The number of amides is 1. The Bertz CT molecular complexity index is 729. The molecule has 0 aromatic heterocycles. The lowest BCUT2D eigenvalue weighted by molar-refractivity contribution is -0.358. The van der Waals surface area contributed by atoms with Crippen molar-refractivity contribution in [1.82, 2.24) is 5.32 Å². The second-order valence-electron chi connectivity index (χ2n) is 9.09. The number of hydrogen-bond acceptors (Lipinski definition) is 15. The van der Waals surface area contributed by atoms with E-state index in [1.165, 1.54) is 6.92 Å². The van der Waals surface area contributed by atoms with Crippen molar-refractivity contribution in [3.63, 3.8) is 0 Å². The number of aliphatic hydroxyl groups is 9. The lowest BCUT2D eigenvalue weighted by atomic mass is 9.96. The molecule has 0 aromatic carbocycles. The molecular weight excluding hydrogens is 494 g/mol. The predicted octanol–water partition coefficient (Wildman–Crippen LogP) is -6.40. The van der Waals surface area contributed by atoms with Crippen LogP contribution in [0.4, 0.5) is 0 Å². The van der Waals surface area contributed by atoms with E-state index in [-0.39, 0.29) is 0 Å². The summed E-state index contributed by atoms with van der Waals surface area (Å²) in [5, 5.41) is 93.1. The highest BCUT2D eigenvalue weighted by atomic mass is 16.7. The molecule has 10 N–H and O–H groups in total. The van der Waals surface area contributed by atoms with E-state index in [1.54, 1.807) is 0 Å². The van der Waals surface area contributed by atoms with E-state index in [0.717, 1.165) is 6.92 Å². The Morgan fingerprint density at radius 1 is 0.778 bits per heavy atom. The summed E-state index contributed by atoms with van der Waals surface area (Å²) in [5.74, 6) is -0.564. The number of hydrogen-bond donors (Lipinski definition) is 10. The topological polar surface area (TPSA) is 257 Å². The number of ether oxygens (including phenoxy) is 5. The maximum atomic E-state index is 11.2. The Balaban J connectivity index is 1.58. The molecule has 16 nitrogen and oxygen atoms in total. The second kappa shape index (κ2) is 12.2. The fourth-order valence-electron chi connectivity index (χ4n) is 4.33. The van der Waals surface area contributed by atoms with Crippen LogP contribution < -0.4 is 5.32 Å². The zero-order chi connectivity index (χ0) is 26.9. The molecule has 16 heteroatoms. The molecule has 3 rings (SSSR count). The standard InChI is InChI=1S/C20H35NO15/c1-5-17(36-20-15(29)13(27)10(24)7(3-22)35-20)14(28)16(30)19(33-5)32-4-8-11(25)12(26)9(18(31)34-8)21-6(2)23/h5,7-20,22,24-31H,3-4H2,1-2H3,(H,21,23)/t5-,7+,8+,9+,10-,11+,12+,13-,14-,15+,16-,17+,18?,19+,20-/m0/s1. The van der Waals surface area contributed by atoms with Crippen molar-refractivity contribution >= 4 is 5.91 Å². The first kappa shape index (κ1) is 29.5. The molecule has 0 radical (unpaired) electrons. The van der Waals surface area contributed by atoms with E-state index in [9.17, 15) is 50.8 Å². The molecule has 36 heavy (non-hydrogen) atoms. The van der Waals surface area contributed by atoms with Crippen LogP contribution in [0.3, 0.4) is 0 Å². The van der Waals surface area contributed by atoms with Crippen molar-refractivity contribution < 1.29 is 74.4 Å². The number of rotatable bonds is 7. The average molecular weight is 529 g/mol. The summed E-state index contributed by atoms with van der Waals surface area (Å²) in [6, 6.07) is -1.28. The van der Waals surface area contributed by atoms with Crippen LogP contribution in [0.2, 0.25) is 0 Å². The molecule has 0 saturated carbocycles. The minimum Gasteiger partial charge on any atom is -0.394 e. The monoisotopic (exact) mass is 529 g/mol. The molecule has 15 atom stereocenters. The SMILES string of the molecule is CC(=O)N[C@H]1C(O)O[C@H](CO[C@@H]2O[C@@H](C)[C@@H](O[C@@H]3O[C@H](CO)[C@H](O)[C@H](O)[C@H]3O)[C@@H](O)[C@@H]2O)[C@@H](O)[C@@H]1O. The second-order valence-corrected chi connectivity index (χ2v) is 9.09. The summed E-state index contributed by atoms with van der Waals surface area (Å²) >= 11 is 0. The highest BCUT2D eigenvalue weighted by molar-refractivity contribution is 5.73. The van der Waals surface area contributed by atoms with E-state index >= 15 is 0 Å². The van der Waals surface area contributed by atoms with Gasteiger partial charge in [0.05, 0.1) is 19.3 Å². The molecule has 3 saturated heterocycles. The molecule has 3 heterocycles. The zero-order valence-corrected chi connectivity index (χ0v) is 19.5. The Labute approximate surface area is 205 Å². The number of nitrogens with one attached hydrogen (secondary N) is 1. The maximum Gasteiger partial charge on any atom is 0.217 e. The van der Waals surface area contributed by atoms with Gasteiger partial charge < -0.3 is 75.0 Å². The first-order valence-corrected chi connectivity index (χ1v) is 11.4. The van der Waals surface area contributed by atoms with Crippen LogP contribution in [-0.2, 0) is 28.5 Å². The van der Waals surface area contributed by atoms with E-state index in [4.69, 9.17) is 23.7 Å². The van der Waals surface area contributed by atoms with E-state index < -0.39 is 111 Å². The number of carbonyl (C=O) groups excluding carboxylic acids is 1. The van der Waals surface area contributed by atoms with Gasteiger partial charge in [-0.1, -0.05) is 0 Å². The Morgan fingerprint density at radius 2 is 1.39 bits per heavy atom. The lowest BCUT2D eigenvalue weighted by Crippen LogP contribution is -2.65. The summed E-state index contributed by atoms with van der Waals surface area (Å²) in [7, 11) is 0. The van der Waals surface area contributed by atoms with Crippen molar-refractivity contribution in [1.29, 1.82) is 0 Å². The van der Waals surface area contributed by atoms with Crippen molar-refractivity contribution in [3.8, 4) is 0 Å². The fraction of sp³-hybridized carbons (Fsp3) is 0.950.